The van der Waals surface area contributed by atoms with Crippen LogP contribution in [0.25, 0.3) is 5.65 Å². The summed E-state index contributed by atoms with van der Waals surface area (Å²) in [7, 11) is 0. The molecule has 0 spiro atoms. The second-order valence-corrected chi connectivity index (χ2v) is 7.88. The highest BCUT2D eigenvalue weighted by molar-refractivity contribution is 5.76. The third-order valence-corrected chi connectivity index (χ3v) is 5.67. The molecule has 2 aromatic heterocycles. The van der Waals surface area contributed by atoms with E-state index in [1.807, 2.05) is 28.9 Å². The van der Waals surface area contributed by atoms with Crippen LogP contribution in [0.1, 0.15) is 50.1 Å². The van der Waals surface area contributed by atoms with E-state index in [4.69, 9.17) is 10.8 Å². The van der Waals surface area contributed by atoms with Crippen molar-refractivity contribution in [2.24, 2.45) is 5.73 Å². The number of hydrogen-bond donors (Lipinski definition) is 3. The molecule has 0 atom stereocenters. The van der Waals surface area contributed by atoms with Crippen molar-refractivity contribution in [3.8, 4) is 0 Å². The lowest BCUT2D eigenvalue weighted by Crippen LogP contribution is -2.33. The van der Waals surface area contributed by atoms with Gasteiger partial charge in [0, 0.05) is 29.8 Å². The summed E-state index contributed by atoms with van der Waals surface area (Å²) in [5, 5.41) is 12.0. The van der Waals surface area contributed by atoms with Crippen LogP contribution in [-0.2, 0) is 0 Å². The molecule has 0 bridgehead atoms. The van der Waals surface area contributed by atoms with E-state index in [-0.39, 0.29) is 0 Å². The summed E-state index contributed by atoms with van der Waals surface area (Å²) in [5.41, 5.74) is 10.2. The molecule has 0 saturated heterocycles. The smallest absolute Gasteiger partial charge is 0.177 e. The summed E-state index contributed by atoms with van der Waals surface area (Å²) in [6.45, 7) is 0. The van der Waals surface area contributed by atoms with E-state index in [0.29, 0.717) is 18.0 Å². The Balaban J connectivity index is 1.49. The highest BCUT2D eigenvalue weighted by Gasteiger charge is 2.28. The predicted molar refractivity (Wildman–Crippen MR) is 109 cm³/mol. The zero-order valence-electron chi connectivity index (χ0n) is 15.4. The zero-order chi connectivity index (χ0) is 18.2. The molecule has 4 N–H and O–H groups in total. The van der Waals surface area contributed by atoms with E-state index in [9.17, 15) is 0 Å². The Morgan fingerprint density at radius 3 is 2.52 bits per heavy atom. The number of anilines is 3. The van der Waals surface area contributed by atoms with Gasteiger partial charge in [-0.25, -0.2) is 9.50 Å². The number of rotatable bonds is 5. The third-order valence-electron chi connectivity index (χ3n) is 5.67. The second-order valence-electron chi connectivity index (χ2n) is 7.88. The van der Waals surface area contributed by atoms with Gasteiger partial charge in [-0.2, -0.15) is 0 Å². The maximum absolute atomic E-state index is 6.06. The van der Waals surface area contributed by atoms with Gasteiger partial charge >= 0.3 is 0 Å². The minimum Gasteiger partial charge on any atom is -0.366 e. The lowest BCUT2D eigenvalue weighted by atomic mass is 9.92. The Kier molecular flexibility index (Phi) is 4.20. The Labute approximate surface area is 159 Å². The molecule has 2 aliphatic carbocycles. The molecule has 2 heterocycles. The highest BCUT2D eigenvalue weighted by Crippen LogP contribution is 2.40. The molecule has 6 heteroatoms. The van der Waals surface area contributed by atoms with Crippen LogP contribution in [0.15, 0.2) is 42.6 Å². The molecule has 27 heavy (non-hydrogen) atoms. The lowest BCUT2D eigenvalue weighted by molar-refractivity contribution is 0.410. The van der Waals surface area contributed by atoms with E-state index >= 15 is 0 Å². The standard InChI is InChI=1S/C21H26N6/c22-15-8-10-17(11-9-15)25-20-12-18(24-16-4-2-1-3-5-16)21-23-13-19(14-6-7-14)27(21)26-20/h1-5,12-15,17,24H,6-11,22H2,(H,25,26)/t15-,17-. The normalized spacial score (nSPS) is 22.7. The first-order valence-corrected chi connectivity index (χ1v) is 9.99. The molecule has 6 nitrogen and oxygen atoms in total. The van der Waals surface area contributed by atoms with Gasteiger partial charge in [-0.3, -0.25) is 0 Å². The molecule has 5 rings (SSSR count). The maximum atomic E-state index is 6.06. The molecule has 0 unspecified atom stereocenters. The van der Waals surface area contributed by atoms with Crippen LogP contribution in [0.3, 0.4) is 0 Å². The van der Waals surface area contributed by atoms with Gasteiger partial charge in [0.1, 0.15) is 5.82 Å². The molecule has 2 fully saturated rings. The first-order valence-electron chi connectivity index (χ1n) is 9.99. The van der Waals surface area contributed by atoms with E-state index < -0.39 is 0 Å². The molecular formula is C21H26N6. The monoisotopic (exact) mass is 362 g/mol. The predicted octanol–water partition coefficient (Wildman–Crippen LogP) is 4.03. The number of benzene rings is 1. The van der Waals surface area contributed by atoms with Crippen molar-refractivity contribution < 1.29 is 0 Å². The minimum atomic E-state index is 0.351. The average molecular weight is 362 g/mol. The van der Waals surface area contributed by atoms with Crippen LogP contribution >= 0.6 is 0 Å². The van der Waals surface area contributed by atoms with Crippen molar-refractivity contribution in [1.82, 2.24) is 14.6 Å². The zero-order valence-corrected chi connectivity index (χ0v) is 15.4. The molecule has 0 aliphatic heterocycles. The quantitative estimate of drug-likeness (QED) is 0.638. The molecule has 140 valence electrons. The van der Waals surface area contributed by atoms with Crippen molar-refractivity contribution >= 4 is 22.8 Å². The number of nitrogens with one attached hydrogen (secondary N) is 2. The summed E-state index contributed by atoms with van der Waals surface area (Å²) in [6.07, 6.45) is 8.80. The first-order chi connectivity index (χ1) is 13.3. The van der Waals surface area contributed by atoms with Crippen molar-refractivity contribution in [3.63, 3.8) is 0 Å². The Morgan fingerprint density at radius 1 is 1.00 bits per heavy atom. The Bertz CT molecular complexity index is 922. The number of imidazole rings is 1. The number of hydrogen-bond acceptors (Lipinski definition) is 5. The number of nitrogens with two attached hydrogens (primary N) is 1. The SMILES string of the molecule is N[C@H]1CC[C@H](Nc2cc(Nc3ccccc3)c3ncc(C4CC4)n3n2)CC1. The van der Waals surface area contributed by atoms with Crippen LogP contribution in [0.5, 0.6) is 0 Å². The van der Waals surface area contributed by atoms with Crippen LogP contribution in [0.4, 0.5) is 17.2 Å². The minimum absolute atomic E-state index is 0.351. The average Bonchev–Trinajstić information content (AvgIpc) is 3.44. The first kappa shape index (κ1) is 16.6. The largest absolute Gasteiger partial charge is 0.366 e. The molecule has 0 amide bonds. The van der Waals surface area contributed by atoms with Gasteiger partial charge in [0.15, 0.2) is 5.65 Å². The molecular weight excluding hydrogens is 336 g/mol. The van der Waals surface area contributed by atoms with Gasteiger partial charge in [0.2, 0.25) is 0 Å². The number of fused-ring (bicyclic) bond motifs is 1. The number of nitrogens with zero attached hydrogens (tertiary/aromatic N) is 3. The maximum Gasteiger partial charge on any atom is 0.177 e. The Hall–Kier alpha value is -2.60. The van der Waals surface area contributed by atoms with Crippen LogP contribution < -0.4 is 16.4 Å². The van der Waals surface area contributed by atoms with E-state index in [0.717, 1.165) is 48.5 Å². The van der Waals surface area contributed by atoms with E-state index in [1.165, 1.54) is 18.5 Å². The van der Waals surface area contributed by atoms with Gasteiger partial charge in [-0.05, 0) is 50.7 Å². The van der Waals surface area contributed by atoms with Crippen molar-refractivity contribution in [2.45, 2.75) is 56.5 Å². The van der Waals surface area contributed by atoms with Crippen LogP contribution in [0.2, 0.25) is 0 Å². The summed E-state index contributed by atoms with van der Waals surface area (Å²) in [4.78, 5) is 4.67. The van der Waals surface area contributed by atoms with Gasteiger partial charge in [-0.1, -0.05) is 18.2 Å². The topological polar surface area (TPSA) is 80.3 Å². The van der Waals surface area contributed by atoms with Crippen molar-refractivity contribution in [1.29, 1.82) is 0 Å². The molecule has 1 aromatic carbocycles. The van der Waals surface area contributed by atoms with Crippen LogP contribution in [-0.4, -0.2) is 26.7 Å². The molecule has 2 aliphatic rings. The summed E-state index contributed by atoms with van der Waals surface area (Å²) in [5.74, 6) is 1.50. The summed E-state index contributed by atoms with van der Waals surface area (Å²) >= 11 is 0. The van der Waals surface area contributed by atoms with Crippen LogP contribution in [0, 0.1) is 0 Å². The van der Waals surface area contributed by atoms with E-state index in [1.54, 1.807) is 0 Å². The van der Waals surface area contributed by atoms with Gasteiger partial charge in [0.25, 0.3) is 0 Å². The molecule has 3 aromatic rings. The number of para-hydroxylation sites is 1. The van der Waals surface area contributed by atoms with E-state index in [2.05, 4.69) is 33.8 Å². The van der Waals surface area contributed by atoms with Gasteiger partial charge < -0.3 is 16.4 Å². The van der Waals surface area contributed by atoms with Gasteiger partial charge in [-0.15, -0.1) is 5.10 Å². The fourth-order valence-corrected chi connectivity index (χ4v) is 3.96. The fraction of sp³-hybridized carbons (Fsp3) is 0.429. The van der Waals surface area contributed by atoms with Crippen molar-refractivity contribution in [2.75, 3.05) is 10.6 Å². The number of aromatic nitrogens is 3. The summed E-state index contributed by atoms with van der Waals surface area (Å²) in [6, 6.07) is 13.1. The lowest BCUT2D eigenvalue weighted by Gasteiger charge is -2.27. The highest BCUT2D eigenvalue weighted by atomic mass is 15.3. The third kappa shape index (κ3) is 3.49. The summed E-state index contributed by atoms with van der Waals surface area (Å²) < 4.78 is 2.03. The molecule has 2 saturated carbocycles. The molecule has 0 radical (unpaired) electrons. The second kappa shape index (κ2) is 6.85. The van der Waals surface area contributed by atoms with Crippen molar-refractivity contribution in [3.05, 3.63) is 48.3 Å². The Morgan fingerprint density at radius 2 is 1.78 bits per heavy atom. The fourth-order valence-electron chi connectivity index (χ4n) is 3.96. The van der Waals surface area contributed by atoms with Gasteiger partial charge in [0.05, 0.1) is 17.6 Å².